The Morgan fingerprint density at radius 2 is 2.09 bits per heavy atom. The molecule has 0 spiro atoms. The number of hydrogen-bond donors (Lipinski definition) is 1. The first-order chi connectivity index (χ1) is 15.2. The minimum absolute atomic E-state index is 0. The molecule has 1 aromatic carbocycles. The summed E-state index contributed by atoms with van der Waals surface area (Å²) in [5, 5.41) is 5.86. The number of aromatic nitrogens is 2. The third-order valence-electron chi connectivity index (χ3n) is 5.93. The zero-order valence-corrected chi connectivity index (χ0v) is 19.5. The number of carbonyl (C=O) groups excluding carboxylic acids is 1. The number of halogens is 1. The highest BCUT2D eigenvalue weighted by Gasteiger charge is 2.28. The maximum absolute atomic E-state index is 12.8. The summed E-state index contributed by atoms with van der Waals surface area (Å²) >= 11 is 1.53. The second-order valence-corrected chi connectivity index (χ2v) is 8.83. The largest absolute Gasteiger partial charge is 0.383 e. The molecular weight excluding hydrogens is 446 g/mol. The van der Waals surface area contributed by atoms with E-state index in [1.54, 1.807) is 24.4 Å². The van der Waals surface area contributed by atoms with Crippen LogP contribution in [0.2, 0.25) is 0 Å². The SMILES string of the molecule is COC[C@@H]1CCCN1Cc1ccc2c(c1)NC(=O)N(c1csc(-c3ccncc3)n1)C2.Cl. The van der Waals surface area contributed by atoms with Crippen LogP contribution in [0.1, 0.15) is 24.0 Å². The van der Waals surface area contributed by atoms with E-state index >= 15 is 0 Å². The maximum atomic E-state index is 12.8. The molecule has 2 amide bonds. The van der Waals surface area contributed by atoms with Crippen molar-refractivity contribution >= 4 is 41.3 Å². The zero-order valence-electron chi connectivity index (χ0n) is 17.9. The van der Waals surface area contributed by atoms with Gasteiger partial charge >= 0.3 is 6.03 Å². The van der Waals surface area contributed by atoms with Crippen molar-refractivity contribution in [1.82, 2.24) is 14.9 Å². The van der Waals surface area contributed by atoms with Gasteiger partial charge in [0, 0.05) is 48.7 Å². The second-order valence-electron chi connectivity index (χ2n) is 7.98. The van der Waals surface area contributed by atoms with E-state index in [1.165, 1.54) is 29.7 Å². The van der Waals surface area contributed by atoms with Crippen LogP contribution in [-0.4, -0.2) is 47.2 Å². The van der Waals surface area contributed by atoms with E-state index in [4.69, 9.17) is 4.74 Å². The highest BCUT2D eigenvalue weighted by atomic mass is 35.5. The quantitative estimate of drug-likeness (QED) is 0.559. The van der Waals surface area contributed by atoms with Crippen molar-refractivity contribution in [3.8, 4) is 10.6 Å². The number of thiazole rings is 1. The average molecular weight is 472 g/mol. The fourth-order valence-corrected chi connectivity index (χ4v) is 5.14. The molecule has 4 heterocycles. The molecule has 32 heavy (non-hydrogen) atoms. The monoisotopic (exact) mass is 471 g/mol. The fraction of sp³-hybridized carbons (Fsp3) is 0.348. The van der Waals surface area contributed by atoms with Crippen molar-refractivity contribution in [2.75, 3.05) is 30.5 Å². The minimum atomic E-state index is -0.144. The molecule has 2 aromatic heterocycles. The molecule has 0 aliphatic carbocycles. The van der Waals surface area contributed by atoms with Crippen LogP contribution in [0.15, 0.2) is 48.1 Å². The Labute approximate surface area is 197 Å². The number of urea groups is 1. The number of amides is 2. The summed E-state index contributed by atoms with van der Waals surface area (Å²) in [6, 6.07) is 10.6. The Balaban J connectivity index is 0.00000245. The molecule has 2 aliphatic rings. The molecule has 0 saturated carbocycles. The number of nitrogens with one attached hydrogen (secondary N) is 1. The Kier molecular flexibility index (Phi) is 7.05. The van der Waals surface area contributed by atoms with E-state index in [-0.39, 0.29) is 18.4 Å². The third kappa shape index (κ3) is 4.63. The lowest BCUT2D eigenvalue weighted by Gasteiger charge is -2.29. The van der Waals surface area contributed by atoms with E-state index in [1.807, 2.05) is 17.5 Å². The lowest BCUT2D eigenvalue weighted by Crippen LogP contribution is -2.39. The number of carbonyl (C=O) groups is 1. The summed E-state index contributed by atoms with van der Waals surface area (Å²) in [6.07, 6.45) is 5.88. The maximum Gasteiger partial charge on any atom is 0.327 e. The zero-order chi connectivity index (χ0) is 21.2. The van der Waals surface area contributed by atoms with E-state index in [9.17, 15) is 4.79 Å². The number of fused-ring (bicyclic) bond motifs is 1. The van der Waals surface area contributed by atoms with Crippen molar-refractivity contribution < 1.29 is 9.53 Å². The fourth-order valence-electron chi connectivity index (χ4n) is 4.32. The van der Waals surface area contributed by atoms with Gasteiger partial charge in [0.05, 0.1) is 13.2 Å². The molecule has 0 unspecified atom stereocenters. The van der Waals surface area contributed by atoms with Gasteiger partial charge in [-0.25, -0.2) is 9.78 Å². The molecule has 0 bridgehead atoms. The van der Waals surface area contributed by atoms with Gasteiger partial charge in [0.1, 0.15) is 10.8 Å². The van der Waals surface area contributed by atoms with Crippen LogP contribution in [0.3, 0.4) is 0 Å². The summed E-state index contributed by atoms with van der Waals surface area (Å²) in [7, 11) is 1.76. The van der Waals surface area contributed by atoms with Gasteiger partial charge in [-0.1, -0.05) is 12.1 Å². The van der Waals surface area contributed by atoms with Gasteiger partial charge in [-0.3, -0.25) is 14.8 Å². The molecule has 1 saturated heterocycles. The first-order valence-corrected chi connectivity index (χ1v) is 11.4. The predicted octanol–water partition coefficient (Wildman–Crippen LogP) is 4.79. The van der Waals surface area contributed by atoms with Gasteiger partial charge in [0.2, 0.25) is 0 Å². The molecular formula is C23H26ClN5O2S. The number of rotatable bonds is 6. The number of likely N-dealkylation sites (tertiary alicyclic amines) is 1. The minimum Gasteiger partial charge on any atom is -0.383 e. The predicted molar refractivity (Wildman–Crippen MR) is 130 cm³/mol. The highest BCUT2D eigenvalue weighted by molar-refractivity contribution is 7.13. The van der Waals surface area contributed by atoms with Crippen molar-refractivity contribution in [3.05, 3.63) is 59.2 Å². The molecule has 0 radical (unpaired) electrons. The number of anilines is 2. The number of benzene rings is 1. The van der Waals surface area contributed by atoms with Crippen molar-refractivity contribution in [2.45, 2.75) is 32.0 Å². The number of hydrogen-bond acceptors (Lipinski definition) is 6. The normalized spacial score (nSPS) is 18.2. The molecule has 9 heteroatoms. The first-order valence-electron chi connectivity index (χ1n) is 10.5. The molecule has 1 atom stereocenters. The standard InChI is InChI=1S/C23H25N5O2S.ClH/c1-30-14-19-3-2-10-27(19)12-16-4-5-18-13-28(23(29)25-20(18)11-16)21-15-31-22(26-21)17-6-8-24-9-7-17;/h4-9,11,15,19H,2-3,10,12-14H2,1H3,(H,25,29);1H/t19-;/m0./s1. The summed E-state index contributed by atoms with van der Waals surface area (Å²) in [5.41, 5.74) is 4.20. The first kappa shape index (κ1) is 22.7. The summed E-state index contributed by atoms with van der Waals surface area (Å²) in [5.74, 6) is 0.670. The number of nitrogens with zero attached hydrogens (tertiary/aromatic N) is 4. The molecule has 168 valence electrons. The van der Waals surface area contributed by atoms with Crippen LogP contribution >= 0.6 is 23.7 Å². The van der Waals surface area contributed by atoms with Gasteiger partial charge in [0.15, 0.2) is 0 Å². The number of pyridine rings is 1. The van der Waals surface area contributed by atoms with E-state index in [2.05, 4.69) is 38.4 Å². The molecule has 7 nitrogen and oxygen atoms in total. The lowest BCUT2D eigenvalue weighted by molar-refractivity contribution is 0.112. The second kappa shape index (κ2) is 9.95. The summed E-state index contributed by atoms with van der Waals surface area (Å²) in [6.45, 7) is 3.25. The van der Waals surface area contributed by atoms with Crippen LogP contribution in [0.25, 0.3) is 10.6 Å². The summed E-state index contributed by atoms with van der Waals surface area (Å²) in [4.78, 5) is 25.7. The highest BCUT2D eigenvalue weighted by Crippen LogP contribution is 2.32. The Morgan fingerprint density at radius 3 is 2.91 bits per heavy atom. The molecule has 5 rings (SSSR count). The van der Waals surface area contributed by atoms with E-state index < -0.39 is 0 Å². The van der Waals surface area contributed by atoms with Crippen LogP contribution in [-0.2, 0) is 17.8 Å². The average Bonchev–Trinajstić information content (AvgIpc) is 3.44. The molecule has 1 fully saturated rings. The van der Waals surface area contributed by atoms with Crippen LogP contribution < -0.4 is 10.2 Å². The smallest absolute Gasteiger partial charge is 0.327 e. The topological polar surface area (TPSA) is 70.6 Å². The van der Waals surface area contributed by atoms with Gasteiger partial charge < -0.3 is 10.1 Å². The third-order valence-corrected chi connectivity index (χ3v) is 6.81. The van der Waals surface area contributed by atoms with Crippen LogP contribution in [0.5, 0.6) is 0 Å². The van der Waals surface area contributed by atoms with Crippen LogP contribution in [0.4, 0.5) is 16.3 Å². The van der Waals surface area contributed by atoms with Gasteiger partial charge in [-0.2, -0.15) is 0 Å². The van der Waals surface area contributed by atoms with E-state index in [0.717, 1.165) is 41.5 Å². The van der Waals surface area contributed by atoms with Gasteiger partial charge in [-0.15, -0.1) is 23.7 Å². The summed E-state index contributed by atoms with van der Waals surface area (Å²) < 4.78 is 5.37. The Morgan fingerprint density at radius 1 is 1.25 bits per heavy atom. The Bertz CT molecular complexity index is 1080. The van der Waals surface area contributed by atoms with Crippen molar-refractivity contribution in [3.63, 3.8) is 0 Å². The molecule has 3 aromatic rings. The van der Waals surface area contributed by atoms with Gasteiger partial charge in [-0.05, 0) is 48.7 Å². The van der Waals surface area contributed by atoms with Crippen LogP contribution in [0, 0.1) is 0 Å². The van der Waals surface area contributed by atoms with E-state index in [0.29, 0.717) is 18.4 Å². The lowest BCUT2D eigenvalue weighted by atomic mass is 10.1. The van der Waals surface area contributed by atoms with Gasteiger partial charge in [0.25, 0.3) is 0 Å². The Hall–Kier alpha value is -2.52. The molecule has 2 aliphatic heterocycles. The van der Waals surface area contributed by atoms with Crippen molar-refractivity contribution in [2.24, 2.45) is 0 Å². The number of ether oxygens (including phenoxy) is 1. The van der Waals surface area contributed by atoms with Crippen molar-refractivity contribution in [1.29, 1.82) is 0 Å². The molecule has 1 N–H and O–H groups in total. The number of methoxy groups -OCH3 is 1.